The summed E-state index contributed by atoms with van der Waals surface area (Å²) in [6.45, 7) is 1.68. The molecular formula is C10H12O4. The smallest absolute Gasteiger partial charge is 0.341 e. The van der Waals surface area contributed by atoms with E-state index in [4.69, 9.17) is 4.74 Å². The number of aryl methyl sites for hydroxylation is 1. The first kappa shape index (κ1) is 10.4. The van der Waals surface area contributed by atoms with E-state index in [1.54, 1.807) is 13.0 Å². The molecule has 4 nitrogen and oxygen atoms in total. The van der Waals surface area contributed by atoms with Crippen molar-refractivity contribution in [3.63, 3.8) is 0 Å². The van der Waals surface area contributed by atoms with E-state index in [0.29, 0.717) is 11.3 Å². The molecule has 0 aliphatic heterocycles. The fraction of sp³-hybridized carbons (Fsp3) is 0.300. The molecule has 0 saturated heterocycles. The number of esters is 1. The van der Waals surface area contributed by atoms with Gasteiger partial charge >= 0.3 is 5.97 Å². The lowest BCUT2D eigenvalue weighted by Gasteiger charge is -2.08. The van der Waals surface area contributed by atoms with Crippen molar-refractivity contribution in [2.45, 2.75) is 6.92 Å². The van der Waals surface area contributed by atoms with Gasteiger partial charge in [0.05, 0.1) is 14.2 Å². The standard InChI is InChI=1S/C10H12O4/c1-6-4-7(13-2)5-8(9(6)11)10(12)14-3/h4-5,11H,1-3H3. The lowest BCUT2D eigenvalue weighted by Crippen LogP contribution is -2.03. The number of ether oxygens (including phenoxy) is 2. The summed E-state index contributed by atoms with van der Waals surface area (Å²) in [6, 6.07) is 3.08. The Hall–Kier alpha value is -1.71. The molecular weight excluding hydrogens is 184 g/mol. The van der Waals surface area contributed by atoms with E-state index >= 15 is 0 Å². The normalized spacial score (nSPS) is 9.64. The van der Waals surface area contributed by atoms with E-state index < -0.39 is 5.97 Å². The third kappa shape index (κ3) is 1.79. The van der Waals surface area contributed by atoms with Gasteiger partial charge in [0.25, 0.3) is 0 Å². The van der Waals surface area contributed by atoms with Crippen LogP contribution in [0.3, 0.4) is 0 Å². The Kier molecular flexibility index (Phi) is 2.96. The molecule has 0 radical (unpaired) electrons. The highest BCUT2D eigenvalue weighted by Gasteiger charge is 2.14. The molecule has 0 aliphatic carbocycles. The average Bonchev–Trinajstić information content (AvgIpc) is 2.20. The van der Waals surface area contributed by atoms with E-state index in [1.165, 1.54) is 20.3 Å². The van der Waals surface area contributed by atoms with Gasteiger partial charge in [-0.2, -0.15) is 0 Å². The van der Waals surface area contributed by atoms with Crippen molar-refractivity contribution in [3.05, 3.63) is 23.3 Å². The molecule has 0 spiro atoms. The molecule has 14 heavy (non-hydrogen) atoms. The summed E-state index contributed by atoms with van der Waals surface area (Å²) in [6.07, 6.45) is 0. The number of hydrogen-bond acceptors (Lipinski definition) is 4. The highest BCUT2D eigenvalue weighted by atomic mass is 16.5. The highest BCUT2D eigenvalue weighted by Crippen LogP contribution is 2.27. The first-order chi connectivity index (χ1) is 6.60. The number of phenolic OH excluding ortho intramolecular Hbond substituents is 1. The van der Waals surface area contributed by atoms with Gasteiger partial charge in [0.2, 0.25) is 0 Å². The van der Waals surface area contributed by atoms with Crippen LogP contribution in [0.5, 0.6) is 11.5 Å². The molecule has 0 aromatic heterocycles. The third-order valence-electron chi connectivity index (χ3n) is 1.92. The maximum Gasteiger partial charge on any atom is 0.341 e. The van der Waals surface area contributed by atoms with Gasteiger partial charge in [0.1, 0.15) is 17.1 Å². The van der Waals surface area contributed by atoms with Crippen molar-refractivity contribution in [1.82, 2.24) is 0 Å². The van der Waals surface area contributed by atoms with Crippen molar-refractivity contribution in [2.24, 2.45) is 0 Å². The minimum atomic E-state index is -0.579. The SMILES string of the molecule is COC(=O)c1cc(OC)cc(C)c1O. The summed E-state index contributed by atoms with van der Waals surface area (Å²) in [5.41, 5.74) is 0.689. The number of hydrogen-bond donors (Lipinski definition) is 1. The van der Waals surface area contributed by atoms with Crippen LogP contribution < -0.4 is 4.74 Å². The van der Waals surface area contributed by atoms with Crippen LogP contribution in [-0.4, -0.2) is 25.3 Å². The summed E-state index contributed by atoms with van der Waals surface area (Å²) in [5.74, 6) is -0.136. The van der Waals surface area contributed by atoms with Crippen LogP contribution in [-0.2, 0) is 4.74 Å². The quantitative estimate of drug-likeness (QED) is 0.728. The van der Waals surface area contributed by atoms with Crippen LogP contribution in [0.4, 0.5) is 0 Å². The zero-order valence-electron chi connectivity index (χ0n) is 8.33. The molecule has 0 aliphatic rings. The molecule has 0 amide bonds. The minimum Gasteiger partial charge on any atom is -0.507 e. The second-order valence-corrected chi connectivity index (χ2v) is 2.83. The van der Waals surface area contributed by atoms with Gasteiger partial charge in [-0.05, 0) is 24.6 Å². The van der Waals surface area contributed by atoms with Crippen molar-refractivity contribution >= 4 is 5.97 Å². The van der Waals surface area contributed by atoms with E-state index in [2.05, 4.69) is 4.74 Å². The van der Waals surface area contributed by atoms with E-state index in [9.17, 15) is 9.90 Å². The van der Waals surface area contributed by atoms with Crippen molar-refractivity contribution < 1.29 is 19.4 Å². The molecule has 0 saturated carbocycles. The molecule has 1 N–H and O–H groups in total. The minimum absolute atomic E-state index is 0.0716. The van der Waals surface area contributed by atoms with Crippen LogP contribution in [0.25, 0.3) is 0 Å². The summed E-state index contributed by atoms with van der Waals surface area (Å²) >= 11 is 0. The van der Waals surface area contributed by atoms with Gasteiger partial charge < -0.3 is 14.6 Å². The fourth-order valence-corrected chi connectivity index (χ4v) is 1.13. The summed E-state index contributed by atoms with van der Waals surface area (Å²) < 4.78 is 9.48. The number of rotatable bonds is 2. The highest BCUT2D eigenvalue weighted by molar-refractivity contribution is 5.93. The van der Waals surface area contributed by atoms with Gasteiger partial charge in [-0.1, -0.05) is 0 Å². The summed E-state index contributed by atoms with van der Waals surface area (Å²) in [5, 5.41) is 9.56. The monoisotopic (exact) mass is 196 g/mol. The maximum atomic E-state index is 11.2. The zero-order valence-corrected chi connectivity index (χ0v) is 8.33. The summed E-state index contributed by atoms with van der Waals surface area (Å²) in [4.78, 5) is 11.2. The second kappa shape index (κ2) is 4.00. The molecule has 76 valence electrons. The van der Waals surface area contributed by atoms with Gasteiger partial charge in [-0.3, -0.25) is 0 Å². The molecule has 0 heterocycles. The lowest BCUT2D eigenvalue weighted by molar-refractivity contribution is 0.0597. The van der Waals surface area contributed by atoms with Crippen molar-refractivity contribution in [3.8, 4) is 11.5 Å². The molecule has 0 atom stereocenters. The second-order valence-electron chi connectivity index (χ2n) is 2.83. The summed E-state index contributed by atoms with van der Waals surface area (Å²) in [7, 11) is 2.75. The maximum absolute atomic E-state index is 11.2. The van der Waals surface area contributed by atoms with Crippen LogP contribution in [0.1, 0.15) is 15.9 Å². The number of benzene rings is 1. The Morgan fingerprint density at radius 2 is 2.00 bits per heavy atom. The molecule has 0 unspecified atom stereocenters. The first-order valence-corrected chi connectivity index (χ1v) is 4.06. The van der Waals surface area contributed by atoms with Crippen molar-refractivity contribution in [1.29, 1.82) is 0 Å². The van der Waals surface area contributed by atoms with Gasteiger partial charge in [-0.25, -0.2) is 4.79 Å². The van der Waals surface area contributed by atoms with Crippen molar-refractivity contribution in [2.75, 3.05) is 14.2 Å². The Morgan fingerprint density at radius 3 is 2.50 bits per heavy atom. The van der Waals surface area contributed by atoms with Gasteiger partial charge in [0, 0.05) is 0 Å². The van der Waals surface area contributed by atoms with E-state index in [0.717, 1.165) is 0 Å². The van der Waals surface area contributed by atoms with E-state index in [-0.39, 0.29) is 11.3 Å². The van der Waals surface area contributed by atoms with Crippen LogP contribution >= 0.6 is 0 Å². The molecule has 1 aromatic rings. The number of carbonyl (C=O) groups is 1. The van der Waals surface area contributed by atoms with Crippen LogP contribution in [0, 0.1) is 6.92 Å². The van der Waals surface area contributed by atoms with Gasteiger partial charge in [-0.15, -0.1) is 0 Å². The number of methoxy groups -OCH3 is 2. The molecule has 4 heteroatoms. The van der Waals surface area contributed by atoms with Crippen LogP contribution in [0.15, 0.2) is 12.1 Å². The Morgan fingerprint density at radius 1 is 1.36 bits per heavy atom. The molecule has 0 bridgehead atoms. The van der Waals surface area contributed by atoms with Gasteiger partial charge in [0.15, 0.2) is 0 Å². The Balaban J connectivity index is 3.27. The molecule has 1 aromatic carbocycles. The first-order valence-electron chi connectivity index (χ1n) is 4.06. The number of phenols is 1. The lowest BCUT2D eigenvalue weighted by atomic mass is 10.1. The predicted molar refractivity (Wildman–Crippen MR) is 50.7 cm³/mol. The molecule has 0 fully saturated rings. The predicted octanol–water partition coefficient (Wildman–Crippen LogP) is 1.50. The largest absolute Gasteiger partial charge is 0.507 e. The topological polar surface area (TPSA) is 55.8 Å². The Labute approximate surface area is 82.1 Å². The molecule has 1 rings (SSSR count). The number of aromatic hydroxyl groups is 1. The Bertz CT molecular complexity index is 357. The van der Waals surface area contributed by atoms with E-state index in [1.807, 2.05) is 0 Å². The number of carbonyl (C=O) groups excluding carboxylic acids is 1. The van der Waals surface area contributed by atoms with Crippen LogP contribution in [0.2, 0.25) is 0 Å². The third-order valence-corrected chi connectivity index (χ3v) is 1.92. The fourth-order valence-electron chi connectivity index (χ4n) is 1.13. The zero-order chi connectivity index (χ0) is 10.7. The average molecular weight is 196 g/mol.